The van der Waals surface area contributed by atoms with Crippen LogP contribution >= 0.6 is 0 Å². The van der Waals surface area contributed by atoms with Crippen molar-refractivity contribution in [2.24, 2.45) is 5.92 Å². The molecule has 0 bridgehead atoms. The molecule has 0 radical (unpaired) electrons. The summed E-state index contributed by atoms with van der Waals surface area (Å²) in [6.07, 6.45) is 3.44. The summed E-state index contributed by atoms with van der Waals surface area (Å²) < 4.78 is 0. The minimum absolute atomic E-state index is 0.647. The number of benzene rings is 1. The fourth-order valence-corrected chi connectivity index (χ4v) is 4.65. The molecule has 2 aromatic heterocycles. The van der Waals surface area contributed by atoms with E-state index in [1.165, 1.54) is 29.5 Å². The summed E-state index contributed by atoms with van der Waals surface area (Å²) in [7, 11) is 0. The van der Waals surface area contributed by atoms with Gasteiger partial charge in [0.15, 0.2) is 5.65 Å². The highest BCUT2D eigenvalue weighted by molar-refractivity contribution is 5.92. The molecule has 3 N–H and O–H groups in total. The van der Waals surface area contributed by atoms with Crippen LogP contribution in [0.15, 0.2) is 30.3 Å². The lowest BCUT2D eigenvalue weighted by molar-refractivity contribution is 0.246. The van der Waals surface area contributed by atoms with Gasteiger partial charge in [0.05, 0.1) is 5.39 Å². The van der Waals surface area contributed by atoms with Gasteiger partial charge in [0.2, 0.25) is 0 Å². The van der Waals surface area contributed by atoms with Crippen LogP contribution in [0.3, 0.4) is 0 Å². The molecule has 5 rings (SSSR count). The van der Waals surface area contributed by atoms with Crippen molar-refractivity contribution in [3.8, 4) is 0 Å². The maximum Gasteiger partial charge on any atom is 0.185 e. The number of nitrogens with one attached hydrogen (secondary N) is 1. The van der Waals surface area contributed by atoms with Crippen molar-refractivity contribution in [1.29, 1.82) is 0 Å². The van der Waals surface area contributed by atoms with Gasteiger partial charge in [-0.15, -0.1) is 0 Å². The molecule has 0 spiro atoms. The Labute approximate surface area is 165 Å². The number of nitrogen functional groups attached to an aromatic ring is 1. The van der Waals surface area contributed by atoms with E-state index in [-0.39, 0.29) is 0 Å². The predicted molar refractivity (Wildman–Crippen MR) is 113 cm³/mol. The summed E-state index contributed by atoms with van der Waals surface area (Å²) in [5, 5.41) is 8.36. The normalized spacial score (nSPS) is 18.5. The first-order valence-electron chi connectivity index (χ1n) is 10.4. The SMILES string of the molecule is CC1CCN(c2nc3n[nH]c(N)c3c3c2CN(Cc2ccccc2)CC3)CC1. The number of aromatic amines is 1. The Morgan fingerprint density at radius 3 is 2.68 bits per heavy atom. The number of anilines is 2. The standard InChI is InChI=1S/C22H28N6/c1-15-7-11-28(12-8-15)22-18-14-27(13-16-5-3-2-4-6-16)10-9-17(18)19-20(23)25-26-21(19)24-22/h2-6,15H,7-14H2,1H3,(H3,23,24,25,26). The molecule has 0 unspecified atom stereocenters. The van der Waals surface area contributed by atoms with Crippen LogP contribution in [0.1, 0.15) is 36.5 Å². The van der Waals surface area contributed by atoms with E-state index < -0.39 is 0 Å². The molecule has 28 heavy (non-hydrogen) atoms. The molecular formula is C22H28N6. The van der Waals surface area contributed by atoms with Gasteiger partial charge >= 0.3 is 0 Å². The van der Waals surface area contributed by atoms with Crippen molar-refractivity contribution in [3.05, 3.63) is 47.0 Å². The second-order valence-corrected chi connectivity index (χ2v) is 8.34. The van der Waals surface area contributed by atoms with Crippen LogP contribution in [0.2, 0.25) is 0 Å². The van der Waals surface area contributed by atoms with Gasteiger partial charge in [-0.1, -0.05) is 37.3 Å². The fraction of sp³-hybridized carbons (Fsp3) is 0.455. The number of pyridine rings is 1. The maximum absolute atomic E-state index is 6.22. The largest absolute Gasteiger partial charge is 0.384 e. The van der Waals surface area contributed by atoms with Crippen LogP contribution in [0, 0.1) is 5.92 Å². The number of rotatable bonds is 3. The molecule has 0 aliphatic carbocycles. The number of piperidine rings is 1. The first-order chi connectivity index (χ1) is 13.7. The highest BCUT2D eigenvalue weighted by Gasteiger charge is 2.28. The number of nitrogens with two attached hydrogens (primary N) is 1. The number of aromatic nitrogens is 3. The van der Waals surface area contributed by atoms with E-state index in [1.54, 1.807) is 0 Å². The van der Waals surface area contributed by atoms with Gasteiger partial charge in [-0.05, 0) is 36.3 Å². The molecular weight excluding hydrogens is 348 g/mol. The average Bonchev–Trinajstić information content (AvgIpc) is 3.10. The number of nitrogens with zero attached hydrogens (tertiary/aromatic N) is 4. The molecule has 3 aromatic rings. The molecule has 1 fully saturated rings. The van der Waals surface area contributed by atoms with E-state index in [0.717, 1.165) is 61.9 Å². The Balaban J connectivity index is 1.52. The molecule has 0 atom stereocenters. The first kappa shape index (κ1) is 17.5. The van der Waals surface area contributed by atoms with E-state index in [2.05, 4.69) is 57.3 Å². The van der Waals surface area contributed by atoms with E-state index in [4.69, 9.17) is 10.7 Å². The Hall–Kier alpha value is -2.60. The van der Waals surface area contributed by atoms with Gasteiger partial charge in [-0.25, -0.2) is 4.98 Å². The lowest BCUT2D eigenvalue weighted by atomic mass is 9.94. The smallest absolute Gasteiger partial charge is 0.185 e. The predicted octanol–water partition coefficient (Wildman–Crippen LogP) is 3.33. The molecule has 6 nitrogen and oxygen atoms in total. The van der Waals surface area contributed by atoms with Crippen molar-refractivity contribution in [3.63, 3.8) is 0 Å². The third-order valence-electron chi connectivity index (χ3n) is 6.31. The summed E-state index contributed by atoms with van der Waals surface area (Å²) >= 11 is 0. The van der Waals surface area contributed by atoms with Crippen LogP contribution in [0.4, 0.5) is 11.6 Å². The van der Waals surface area contributed by atoms with Crippen LogP contribution < -0.4 is 10.6 Å². The van der Waals surface area contributed by atoms with Crippen molar-refractivity contribution in [2.75, 3.05) is 30.3 Å². The highest BCUT2D eigenvalue weighted by atomic mass is 15.2. The number of fused-ring (bicyclic) bond motifs is 3. The van der Waals surface area contributed by atoms with Gasteiger partial charge in [0, 0.05) is 38.3 Å². The fourth-order valence-electron chi connectivity index (χ4n) is 4.65. The number of H-pyrrole nitrogens is 1. The first-order valence-corrected chi connectivity index (χ1v) is 10.4. The molecule has 2 aliphatic rings. The van der Waals surface area contributed by atoms with Crippen molar-refractivity contribution >= 4 is 22.7 Å². The molecule has 146 valence electrons. The Kier molecular flexibility index (Phi) is 4.43. The summed E-state index contributed by atoms with van der Waals surface area (Å²) in [4.78, 5) is 9.97. The zero-order valence-corrected chi connectivity index (χ0v) is 16.5. The molecule has 6 heteroatoms. The monoisotopic (exact) mass is 376 g/mol. The third-order valence-corrected chi connectivity index (χ3v) is 6.31. The molecule has 1 aromatic carbocycles. The topological polar surface area (TPSA) is 74.1 Å². The van der Waals surface area contributed by atoms with Gasteiger partial charge in [-0.2, -0.15) is 5.10 Å². The quantitative estimate of drug-likeness (QED) is 0.733. The molecule has 1 saturated heterocycles. The zero-order chi connectivity index (χ0) is 19.1. The Bertz CT molecular complexity index is 972. The zero-order valence-electron chi connectivity index (χ0n) is 16.5. The lowest BCUT2D eigenvalue weighted by Crippen LogP contribution is -2.37. The van der Waals surface area contributed by atoms with Crippen LogP contribution in [0.5, 0.6) is 0 Å². The third kappa shape index (κ3) is 3.11. The van der Waals surface area contributed by atoms with E-state index in [0.29, 0.717) is 5.82 Å². The summed E-state index contributed by atoms with van der Waals surface area (Å²) in [5.74, 6) is 2.57. The second kappa shape index (κ2) is 7.09. The minimum Gasteiger partial charge on any atom is -0.384 e. The molecule has 2 aliphatic heterocycles. The molecule has 4 heterocycles. The Morgan fingerprint density at radius 1 is 1.11 bits per heavy atom. The van der Waals surface area contributed by atoms with Crippen LogP contribution in [-0.4, -0.2) is 39.7 Å². The van der Waals surface area contributed by atoms with Crippen molar-refractivity contribution in [2.45, 2.75) is 39.3 Å². The van der Waals surface area contributed by atoms with Gasteiger partial charge in [-0.3, -0.25) is 10.00 Å². The minimum atomic E-state index is 0.647. The summed E-state index contributed by atoms with van der Waals surface area (Å²) in [6, 6.07) is 10.7. The summed E-state index contributed by atoms with van der Waals surface area (Å²) in [5.41, 5.74) is 11.0. The van der Waals surface area contributed by atoms with Crippen molar-refractivity contribution in [1.82, 2.24) is 20.1 Å². The Morgan fingerprint density at radius 2 is 1.89 bits per heavy atom. The van der Waals surface area contributed by atoms with Crippen LogP contribution in [0.25, 0.3) is 11.0 Å². The van der Waals surface area contributed by atoms with E-state index >= 15 is 0 Å². The van der Waals surface area contributed by atoms with Gasteiger partial charge in [0.1, 0.15) is 11.6 Å². The second-order valence-electron chi connectivity index (χ2n) is 8.34. The average molecular weight is 377 g/mol. The van der Waals surface area contributed by atoms with E-state index in [1.807, 2.05) is 0 Å². The lowest BCUT2D eigenvalue weighted by Gasteiger charge is -2.36. The maximum atomic E-state index is 6.22. The molecule has 0 saturated carbocycles. The van der Waals surface area contributed by atoms with Gasteiger partial charge in [0.25, 0.3) is 0 Å². The molecule has 0 amide bonds. The highest BCUT2D eigenvalue weighted by Crippen LogP contribution is 2.36. The van der Waals surface area contributed by atoms with Crippen molar-refractivity contribution < 1.29 is 0 Å². The summed E-state index contributed by atoms with van der Waals surface area (Å²) in [6.45, 7) is 7.41. The number of hydrogen-bond donors (Lipinski definition) is 2. The number of hydrogen-bond acceptors (Lipinski definition) is 5. The van der Waals surface area contributed by atoms with Crippen LogP contribution in [-0.2, 0) is 19.5 Å². The van der Waals surface area contributed by atoms with Gasteiger partial charge < -0.3 is 10.6 Å². The van der Waals surface area contributed by atoms with E-state index in [9.17, 15) is 0 Å².